The molecule has 1 unspecified atom stereocenters. The van der Waals surface area contributed by atoms with Crippen molar-refractivity contribution in [2.24, 2.45) is 0 Å². The Morgan fingerprint density at radius 1 is 1.13 bits per heavy atom. The summed E-state index contributed by atoms with van der Waals surface area (Å²) in [7, 11) is 0. The van der Waals surface area contributed by atoms with Crippen molar-refractivity contribution in [3.63, 3.8) is 0 Å². The van der Waals surface area contributed by atoms with Gasteiger partial charge in [-0.2, -0.15) is 0 Å². The lowest BCUT2D eigenvalue weighted by Crippen LogP contribution is -2.37. The fourth-order valence-electron chi connectivity index (χ4n) is 2.73. The van der Waals surface area contributed by atoms with Gasteiger partial charge in [0.25, 0.3) is 5.91 Å². The number of hydrogen-bond acceptors (Lipinski definition) is 3. The molecule has 5 heteroatoms. The predicted octanol–water partition coefficient (Wildman–Crippen LogP) is 3.61. The molecule has 3 rings (SSSR count). The zero-order valence-electron chi connectivity index (χ0n) is 12.4. The third-order valence-corrected chi connectivity index (χ3v) is 4.09. The summed E-state index contributed by atoms with van der Waals surface area (Å²) in [6.45, 7) is -0.170. The minimum absolute atomic E-state index is 0.149. The Kier molecular flexibility index (Phi) is 4.63. The number of amides is 2. The Hall–Kier alpha value is -2.33. The normalized spacial score (nSPS) is 17.3. The standard InChI is InChI=1S/C18H16ClNO3/c19-14-6-8-15(9-7-14)23-12-18(22)20-16(10-11-17(20)21)13-4-2-1-3-5-13/h1-9,16H,10-12H2. The van der Waals surface area contributed by atoms with Gasteiger partial charge >= 0.3 is 0 Å². The van der Waals surface area contributed by atoms with Crippen molar-refractivity contribution in [2.45, 2.75) is 18.9 Å². The maximum absolute atomic E-state index is 12.4. The topological polar surface area (TPSA) is 46.6 Å². The van der Waals surface area contributed by atoms with Gasteiger partial charge in [-0.3, -0.25) is 14.5 Å². The van der Waals surface area contributed by atoms with E-state index in [0.717, 1.165) is 5.56 Å². The van der Waals surface area contributed by atoms with Crippen LogP contribution in [0.25, 0.3) is 0 Å². The summed E-state index contributed by atoms with van der Waals surface area (Å²) < 4.78 is 5.47. The predicted molar refractivity (Wildman–Crippen MR) is 87.2 cm³/mol. The Labute approximate surface area is 139 Å². The second kappa shape index (κ2) is 6.84. The first kappa shape index (κ1) is 15.6. The van der Waals surface area contributed by atoms with Gasteiger partial charge in [0, 0.05) is 11.4 Å². The first-order chi connectivity index (χ1) is 11.1. The van der Waals surface area contributed by atoms with Crippen molar-refractivity contribution in [1.29, 1.82) is 0 Å². The van der Waals surface area contributed by atoms with Gasteiger partial charge in [-0.1, -0.05) is 41.9 Å². The maximum Gasteiger partial charge on any atom is 0.267 e. The molecule has 1 aliphatic heterocycles. The molecule has 1 saturated heterocycles. The fourth-order valence-corrected chi connectivity index (χ4v) is 2.86. The molecule has 1 aliphatic rings. The van der Waals surface area contributed by atoms with Crippen LogP contribution in [0.1, 0.15) is 24.4 Å². The molecule has 23 heavy (non-hydrogen) atoms. The minimum Gasteiger partial charge on any atom is -0.484 e. The number of nitrogens with zero attached hydrogens (tertiary/aromatic N) is 1. The molecular weight excluding hydrogens is 314 g/mol. The van der Waals surface area contributed by atoms with Crippen LogP contribution in [-0.2, 0) is 9.59 Å². The minimum atomic E-state index is -0.323. The Balaban J connectivity index is 1.69. The van der Waals surface area contributed by atoms with Crippen LogP contribution >= 0.6 is 11.6 Å². The zero-order valence-corrected chi connectivity index (χ0v) is 13.2. The molecule has 0 aromatic heterocycles. The van der Waals surface area contributed by atoms with Gasteiger partial charge in [0.2, 0.25) is 5.91 Å². The highest BCUT2D eigenvalue weighted by atomic mass is 35.5. The average Bonchev–Trinajstić information content (AvgIpc) is 2.96. The Bertz CT molecular complexity index is 700. The van der Waals surface area contributed by atoms with Crippen LogP contribution < -0.4 is 4.74 Å². The molecule has 0 saturated carbocycles. The van der Waals surface area contributed by atoms with Crippen LogP contribution in [-0.4, -0.2) is 23.3 Å². The monoisotopic (exact) mass is 329 g/mol. The van der Waals surface area contributed by atoms with E-state index in [2.05, 4.69) is 0 Å². The van der Waals surface area contributed by atoms with E-state index in [1.54, 1.807) is 24.3 Å². The Morgan fingerprint density at radius 2 is 1.83 bits per heavy atom. The first-order valence-corrected chi connectivity index (χ1v) is 7.81. The second-order valence-corrected chi connectivity index (χ2v) is 5.80. The summed E-state index contributed by atoms with van der Waals surface area (Å²) in [4.78, 5) is 25.8. The maximum atomic E-state index is 12.4. The third kappa shape index (κ3) is 3.54. The number of carbonyl (C=O) groups is 2. The van der Waals surface area contributed by atoms with E-state index in [1.165, 1.54) is 4.90 Å². The van der Waals surface area contributed by atoms with Gasteiger partial charge < -0.3 is 4.74 Å². The molecular formula is C18H16ClNO3. The number of imide groups is 1. The molecule has 1 heterocycles. The van der Waals surface area contributed by atoms with E-state index in [4.69, 9.17) is 16.3 Å². The summed E-state index contributed by atoms with van der Waals surface area (Å²) in [5.41, 5.74) is 0.971. The zero-order chi connectivity index (χ0) is 16.2. The summed E-state index contributed by atoms with van der Waals surface area (Å²) in [5.74, 6) is 0.0746. The molecule has 1 fully saturated rings. The summed E-state index contributed by atoms with van der Waals surface area (Å²) in [6, 6.07) is 16.2. The second-order valence-electron chi connectivity index (χ2n) is 5.37. The molecule has 0 N–H and O–H groups in total. The molecule has 0 spiro atoms. The highest BCUT2D eigenvalue weighted by molar-refractivity contribution is 6.30. The number of hydrogen-bond donors (Lipinski definition) is 0. The van der Waals surface area contributed by atoms with Crippen LogP contribution in [0.15, 0.2) is 54.6 Å². The molecule has 118 valence electrons. The van der Waals surface area contributed by atoms with E-state index < -0.39 is 0 Å². The summed E-state index contributed by atoms with van der Waals surface area (Å²) >= 11 is 5.81. The lowest BCUT2D eigenvalue weighted by Gasteiger charge is -2.23. The van der Waals surface area contributed by atoms with E-state index >= 15 is 0 Å². The van der Waals surface area contributed by atoms with Crippen LogP contribution in [0.4, 0.5) is 0 Å². The number of benzene rings is 2. The number of rotatable bonds is 4. The van der Waals surface area contributed by atoms with E-state index in [0.29, 0.717) is 23.6 Å². The van der Waals surface area contributed by atoms with Crippen LogP contribution in [0.2, 0.25) is 5.02 Å². The summed E-state index contributed by atoms with van der Waals surface area (Å²) in [6.07, 6.45) is 1.03. The lowest BCUT2D eigenvalue weighted by molar-refractivity contribution is -0.145. The van der Waals surface area contributed by atoms with E-state index in [9.17, 15) is 9.59 Å². The lowest BCUT2D eigenvalue weighted by atomic mass is 10.0. The van der Waals surface area contributed by atoms with Crippen molar-refractivity contribution < 1.29 is 14.3 Å². The number of likely N-dealkylation sites (tertiary alicyclic amines) is 1. The third-order valence-electron chi connectivity index (χ3n) is 3.84. The Morgan fingerprint density at radius 3 is 2.52 bits per heavy atom. The fraction of sp³-hybridized carbons (Fsp3) is 0.222. The molecule has 1 atom stereocenters. The largest absolute Gasteiger partial charge is 0.484 e. The van der Waals surface area contributed by atoms with Gasteiger partial charge in [-0.25, -0.2) is 0 Å². The van der Waals surface area contributed by atoms with Gasteiger partial charge in [0.05, 0.1) is 6.04 Å². The highest BCUT2D eigenvalue weighted by Gasteiger charge is 2.36. The number of halogens is 1. The smallest absolute Gasteiger partial charge is 0.267 e. The van der Waals surface area contributed by atoms with Crippen molar-refractivity contribution >= 4 is 23.4 Å². The van der Waals surface area contributed by atoms with Crippen molar-refractivity contribution in [2.75, 3.05) is 6.61 Å². The SMILES string of the molecule is O=C1CCC(c2ccccc2)N1C(=O)COc1ccc(Cl)cc1. The number of carbonyl (C=O) groups excluding carboxylic acids is 2. The average molecular weight is 330 g/mol. The van der Waals surface area contributed by atoms with E-state index in [-0.39, 0.29) is 24.5 Å². The molecule has 0 aliphatic carbocycles. The molecule has 0 bridgehead atoms. The molecule has 2 aromatic carbocycles. The van der Waals surface area contributed by atoms with Crippen LogP contribution in [0, 0.1) is 0 Å². The van der Waals surface area contributed by atoms with Crippen LogP contribution in [0.5, 0.6) is 5.75 Å². The molecule has 0 radical (unpaired) electrons. The molecule has 4 nitrogen and oxygen atoms in total. The van der Waals surface area contributed by atoms with E-state index in [1.807, 2.05) is 30.3 Å². The van der Waals surface area contributed by atoms with Gasteiger partial charge in [0.15, 0.2) is 6.61 Å². The van der Waals surface area contributed by atoms with Crippen molar-refractivity contribution in [3.05, 3.63) is 65.2 Å². The molecule has 2 amide bonds. The highest BCUT2D eigenvalue weighted by Crippen LogP contribution is 2.32. The summed E-state index contributed by atoms with van der Waals surface area (Å²) in [5, 5.41) is 0.600. The van der Waals surface area contributed by atoms with Gasteiger partial charge in [-0.05, 0) is 36.2 Å². The van der Waals surface area contributed by atoms with Gasteiger partial charge in [-0.15, -0.1) is 0 Å². The number of ether oxygens (including phenoxy) is 1. The molecule has 2 aromatic rings. The van der Waals surface area contributed by atoms with Crippen molar-refractivity contribution in [3.8, 4) is 5.75 Å². The van der Waals surface area contributed by atoms with Crippen molar-refractivity contribution in [1.82, 2.24) is 4.90 Å². The first-order valence-electron chi connectivity index (χ1n) is 7.43. The quantitative estimate of drug-likeness (QED) is 0.861. The van der Waals surface area contributed by atoms with Crippen LogP contribution in [0.3, 0.4) is 0 Å². The van der Waals surface area contributed by atoms with Gasteiger partial charge in [0.1, 0.15) is 5.75 Å².